The van der Waals surface area contributed by atoms with Crippen LogP contribution in [0.25, 0.3) is 10.9 Å². The minimum absolute atomic E-state index is 0.0369. The molecule has 11 nitrogen and oxygen atoms in total. The Hall–Kier alpha value is -3.60. The van der Waals surface area contributed by atoms with Crippen LogP contribution in [0.4, 0.5) is 0 Å². The van der Waals surface area contributed by atoms with E-state index in [1.54, 1.807) is 20.0 Å². The summed E-state index contributed by atoms with van der Waals surface area (Å²) in [6.45, 7) is 3.85. The molecule has 0 aliphatic carbocycles. The van der Waals surface area contributed by atoms with Crippen molar-refractivity contribution in [2.24, 2.45) is 28.1 Å². The van der Waals surface area contributed by atoms with Gasteiger partial charge in [-0.15, -0.1) is 0 Å². The summed E-state index contributed by atoms with van der Waals surface area (Å²) in [5.41, 5.74) is 18.1. The number of aromatic amines is 1. The van der Waals surface area contributed by atoms with Gasteiger partial charge in [-0.3, -0.25) is 14.6 Å². The number of para-hydroxylation sites is 1. The lowest BCUT2D eigenvalue weighted by Crippen LogP contribution is -2.56. The molecule has 3 atom stereocenters. The van der Waals surface area contributed by atoms with E-state index in [-0.39, 0.29) is 18.3 Å². The molecule has 0 aliphatic rings. The van der Waals surface area contributed by atoms with Crippen molar-refractivity contribution in [1.82, 2.24) is 15.6 Å². The number of aromatic nitrogens is 1. The van der Waals surface area contributed by atoms with Crippen LogP contribution in [0.15, 0.2) is 35.5 Å². The molecule has 1 heterocycles. The summed E-state index contributed by atoms with van der Waals surface area (Å²) in [5, 5.41) is 15.8. The molecule has 0 bridgehead atoms. The normalized spacial score (nSPS) is 13.8. The van der Waals surface area contributed by atoms with Crippen LogP contribution >= 0.6 is 0 Å². The zero-order valence-corrected chi connectivity index (χ0v) is 18.9. The first-order valence-electron chi connectivity index (χ1n) is 10.8. The van der Waals surface area contributed by atoms with Crippen molar-refractivity contribution in [3.63, 3.8) is 0 Å². The molecule has 0 fully saturated rings. The summed E-state index contributed by atoms with van der Waals surface area (Å²) in [5.74, 6) is -2.58. The number of carboxylic acids is 1. The highest BCUT2D eigenvalue weighted by atomic mass is 16.4. The van der Waals surface area contributed by atoms with Crippen molar-refractivity contribution in [3.8, 4) is 0 Å². The third-order valence-corrected chi connectivity index (χ3v) is 5.26. The molecule has 0 saturated carbocycles. The average molecular weight is 460 g/mol. The predicted octanol–water partition coefficient (Wildman–Crippen LogP) is -0.198. The minimum Gasteiger partial charge on any atom is -0.480 e. The maximum Gasteiger partial charge on any atom is 0.326 e. The van der Waals surface area contributed by atoms with Gasteiger partial charge in [-0.1, -0.05) is 32.0 Å². The molecule has 180 valence electrons. The van der Waals surface area contributed by atoms with Gasteiger partial charge in [-0.25, -0.2) is 4.79 Å². The van der Waals surface area contributed by atoms with Gasteiger partial charge in [0.15, 0.2) is 5.96 Å². The van der Waals surface area contributed by atoms with Gasteiger partial charge < -0.3 is 37.9 Å². The summed E-state index contributed by atoms with van der Waals surface area (Å²) in [6, 6.07) is 4.55. The highest BCUT2D eigenvalue weighted by Crippen LogP contribution is 2.19. The van der Waals surface area contributed by atoms with E-state index in [2.05, 4.69) is 20.6 Å². The highest BCUT2D eigenvalue weighted by molar-refractivity contribution is 5.92. The van der Waals surface area contributed by atoms with E-state index < -0.39 is 35.9 Å². The molecule has 2 aromatic rings. The Morgan fingerprint density at radius 2 is 1.82 bits per heavy atom. The van der Waals surface area contributed by atoms with Crippen LogP contribution in [0.3, 0.4) is 0 Å². The van der Waals surface area contributed by atoms with E-state index in [4.69, 9.17) is 17.2 Å². The predicted molar refractivity (Wildman–Crippen MR) is 126 cm³/mol. The Bertz CT molecular complexity index is 998. The fourth-order valence-corrected chi connectivity index (χ4v) is 3.43. The maximum atomic E-state index is 12.9. The van der Waals surface area contributed by atoms with Crippen LogP contribution in [0.2, 0.25) is 0 Å². The van der Waals surface area contributed by atoms with Crippen LogP contribution in [0.1, 0.15) is 32.3 Å². The van der Waals surface area contributed by atoms with E-state index in [1.165, 1.54) is 0 Å². The van der Waals surface area contributed by atoms with E-state index in [1.807, 2.05) is 24.3 Å². The lowest BCUT2D eigenvalue weighted by molar-refractivity contribution is -0.142. The molecule has 1 aromatic carbocycles. The molecular weight excluding hydrogens is 426 g/mol. The van der Waals surface area contributed by atoms with E-state index in [0.717, 1.165) is 16.5 Å². The lowest BCUT2D eigenvalue weighted by atomic mass is 10.0. The lowest BCUT2D eigenvalue weighted by Gasteiger charge is -2.25. The number of aliphatic carboxylic acids is 1. The minimum atomic E-state index is -1.17. The number of H-pyrrole nitrogens is 1. The van der Waals surface area contributed by atoms with Gasteiger partial charge in [0.1, 0.15) is 12.1 Å². The highest BCUT2D eigenvalue weighted by Gasteiger charge is 2.30. The van der Waals surface area contributed by atoms with Crippen molar-refractivity contribution < 1.29 is 19.5 Å². The third-order valence-electron chi connectivity index (χ3n) is 5.26. The van der Waals surface area contributed by atoms with Crippen molar-refractivity contribution in [1.29, 1.82) is 0 Å². The average Bonchev–Trinajstić information content (AvgIpc) is 3.16. The molecule has 11 heteroatoms. The Labute approximate surface area is 192 Å². The molecule has 1 aromatic heterocycles. The first kappa shape index (κ1) is 25.7. The van der Waals surface area contributed by atoms with Gasteiger partial charge in [0.2, 0.25) is 11.8 Å². The summed E-state index contributed by atoms with van der Waals surface area (Å²) in [6.07, 6.45) is 2.65. The zero-order chi connectivity index (χ0) is 24.5. The first-order valence-corrected chi connectivity index (χ1v) is 10.8. The number of aliphatic imine (C=N–C) groups is 1. The number of hydrogen-bond donors (Lipinski definition) is 7. The van der Waals surface area contributed by atoms with Gasteiger partial charge >= 0.3 is 5.97 Å². The summed E-state index contributed by atoms with van der Waals surface area (Å²) in [7, 11) is 0. The van der Waals surface area contributed by atoms with Crippen LogP contribution in [0, 0.1) is 5.92 Å². The van der Waals surface area contributed by atoms with Crippen molar-refractivity contribution in [2.75, 3.05) is 6.54 Å². The number of benzene rings is 1. The van der Waals surface area contributed by atoms with Crippen LogP contribution < -0.4 is 27.8 Å². The van der Waals surface area contributed by atoms with Crippen molar-refractivity contribution >= 4 is 34.6 Å². The smallest absolute Gasteiger partial charge is 0.326 e. The second-order valence-electron chi connectivity index (χ2n) is 8.25. The summed E-state index contributed by atoms with van der Waals surface area (Å²) >= 11 is 0. The maximum absolute atomic E-state index is 12.9. The van der Waals surface area contributed by atoms with Crippen molar-refractivity contribution in [2.45, 2.75) is 51.2 Å². The Morgan fingerprint density at radius 1 is 1.12 bits per heavy atom. The number of carbonyl (C=O) groups is 3. The Morgan fingerprint density at radius 3 is 2.45 bits per heavy atom. The topological polar surface area (TPSA) is 202 Å². The molecule has 10 N–H and O–H groups in total. The molecule has 2 amide bonds. The van der Waals surface area contributed by atoms with Crippen LogP contribution in [-0.4, -0.2) is 58.5 Å². The molecule has 0 spiro atoms. The number of carbonyl (C=O) groups excluding carboxylic acids is 2. The summed E-state index contributed by atoms with van der Waals surface area (Å²) in [4.78, 5) is 44.2. The van der Waals surface area contributed by atoms with E-state index >= 15 is 0 Å². The van der Waals surface area contributed by atoms with Gasteiger partial charge in [-0.05, 0) is 30.4 Å². The summed E-state index contributed by atoms with van der Waals surface area (Å²) < 4.78 is 0. The second-order valence-corrected chi connectivity index (χ2v) is 8.25. The van der Waals surface area contributed by atoms with E-state index in [0.29, 0.717) is 19.4 Å². The zero-order valence-electron chi connectivity index (χ0n) is 18.9. The van der Waals surface area contributed by atoms with Gasteiger partial charge in [-0.2, -0.15) is 0 Å². The molecule has 0 unspecified atom stereocenters. The van der Waals surface area contributed by atoms with Gasteiger partial charge in [0.05, 0.1) is 6.04 Å². The molecular formula is C22H33N7O4. The van der Waals surface area contributed by atoms with Crippen molar-refractivity contribution in [3.05, 3.63) is 36.0 Å². The number of nitrogens with one attached hydrogen (secondary N) is 3. The number of guanidine groups is 1. The number of nitrogens with two attached hydrogens (primary N) is 3. The van der Waals surface area contributed by atoms with E-state index in [9.17, 15) is 19.5 Å². The number of carboxylic acid groups (broad SMARTS) is 1. The monoisotopic (exact) mass is 459 g/mol. The number of hydrogen-bond acceptors (Lipinski definition) is 5. The quantitative estimate of drug-likeness (QED) is 0.129. The fraction of sp³-hybridized carbons (Fsp3) is 0.455. The second kappa shape index (κ2) is 11.9. The molecule has 33 heavy (non-hydrogen) atoms. The molecule has 0 radical (unpaired) electrons. The molecule has 2 rings (SSSR count). The number of nitrogens with zero attached hydrogens (tertiary/aromatic N) is 1. The van der Waals surface area contributed by atoms with Crippen LogP contribution in [-0.2, 0) is 20.8 Å². The van der Waals surface area contributed by atoms with Gasteiger partial charge in [0.25, 0.3) is 0 Å². The number of rotatable bonds is 12. The van der Waals surface area contributed by atoms with Gasteiger partial charge in [0, 0.05) is 30.1 Å². The Kier molecular flexibility index (Phi) is 9.22. The number of fused-ring (bicyclic) bond motifs is 1. The molecule has 0 saturated heterocycles. The van der Waals surface area contributed by atoms with Crippen LogP contribution in [0.5, 0.6) is 0 Å². The third kappa shape index (κ3) is 7.49. The standard InChI is InChI=1S/C22H33N7O4/c1-12(2)18(29-19(30)15(23)7-5-9-26-22(24)25)20(31)28-17(21(32)33)10-13-11-27-16-8-4-3-6-14(13)16/h3-4,6,8,11-12,15,17-18,27H,5,7,9-10,23H2,1-2H3,(H,28,31)(H,29,30)(H,32,33)(H4,24,25,26)/t15-,17-,18-/m0/s1. The fourth-order valence-electron chi connectivity index (χ4n) is 3.43. The molecule has 0 aliphatic heterocycles. The first-order chi connectivity index (χ1) is 15.6. The SMILES string of the molecule is CC(C)[C@H](NC(=O)[C@@H](N)CCCN=C(N)N)C(=O)N[C@@H](Cc1c[nH]c2ccccc12)C(=O)O. The largest absolute Gasteiger partial charge is 0.480 e. The Balaban J connectivity index is 2.02. The number of amides is 2.